The van der Waals surface area contributed by atoms with Crippen LogP contribution in [0.1, 0.15) is 17.0 Å². The third-order valence-corrected chi connectivity index (χ3v) is 3.45. The van der Waals surface area contributed by atoms with Gasteiger partial charge in [-0.25, -0.2) is 0 Å². The van der Waals surface area contributed by atoms with Crippen LogP contribution >= 0.6 is 0 Å². The molecule has 0 saturated carbocycles. The van der Waals surface area contributed by atoms with Crippen molar-refractivity contribution in [1.29, 1.82) is 0 Å². The third kappa shape index (κ3) is 1.95. The highest BCUT2D eigenvalue weighted by molar-refractivity contribution is 5.46. The van der Waals surface area contributed by atoms with Crippen molar-refractivity contribution in [2.24, 2.45) is 0 Å². The van der Waals surface area contributed by atoms with Gasteiger partial charge in [-0.1, -0.05) is 30.3 Å². The van der Waals surface area contributed by atoms with Crippen molar-refractivity contribution in [3.05, 3.63) is 59.7 Å². The largest absolute Gasteiger partial charge is 0.508 e. The summed E-state index contributed by atoms with van der Waals surface area (Å²) >= 11 is 0. The second kappa shape index (κ2) is 4.26. The first-order valence-electron chi connectivity index (χ1n) is 6.05. The summed E-state index contributed by atoms with van der Waals surface area (Å²) in [4.78, 5) is 0. The minimum absolute atomic E-state index is 0.0349. The SMILES string of the molecule is Oc1ccc2c(c1)OCC(c1ccccc1)C2(O)O. The lowest BCUT2D eigenvalue weighted by molar-refractivity contribution is -0.202. The lowest BCUT2D eigenvalue weighted by Crippen LogP contribution is -2.40. The Bertz CT molecular complexity index is 592. The molecule has 0 aromatic heterocycles. The average molecular weight is 258 g/mol. The summed E-state index contributed by atoms with van der Waals surface area (Å²) in [6.45, 7) is 0.146. The summed E-state index contributed by atoms with van der Waals surface area (Å²) in [7, 11) is 0. The van der Waals surface area contributed by atoms with Gasteiger partial charge in [0.1, 0.15) is 18.1 Å². The Morgan fingerprint density at radius 2 is 1.79 bits per heavy atom. The predicted octanol–water partition coefficient (Wildman–Crippen LogP) is 1.71. The molecule has 4 heteroatoms. The minimum Gasteiger partial charge on any atom is -0.508 e. The van der Waals surface area contributed by atoms with E-state index in [-0.39, 0.29) is 17.9 Å². The molecule has 0 saturated heterocycles. The number of aromatic hydroxyl groups is 1. The highest BCUT2D eigenvalue weighted by Gasteiger charge is 2.43. The lowest BCUT2D eigenvalue weighted by atomic mass is 9.84. The summed E-state index contributed by atoms with van der Waals surface area (Å²) in [5.41, 5.74) is 1.07. The summed E-state index contributed by atoms with van der Waals surface area (Å²) in [5, 5.41) is 30.2. The third-order valence-electron chi connectivity index (χ3n) is 3.45. The quantitative estimate of drug-likeness (QED) is 0.681. The minimum atomic E-state index is -2.01. The van der Waals surface area contributed by atoms with Gasteiger partial charge in [-0.2, -0.15) is 0 Å². The van der Waals surface area contributed by atoms with Crippen LogP contribution in [-0.2, 0) is 5.79 Å². The molecule has 1 unspecified atom stereocenters. The van der Waals surface area contributed by atoms with Gasteiger partial charge < -0.3 is 20.1 Å². The van der Waals surface area contributed by atoms with Crippen LogP contribution in [0.2, 0.25) is 0 Å². The molecule has 4 nitrogen and oxygen atoms in total. The van der Waals surface area contributed by atoms with Gasteiger partial charge in [-0.3, -0.25) is 0 Å². The molecule has 0 spiro atoms. The fraction of sp³-hybridized carbons (Fsp3) is 0.200. The Kier molecular flexibility index (Phi) is 2.69. The first kappa shape index (κ1) is 12.0. The van der Waals surface area contributed by atoms with E-state index in [0.717, 1.165) is 5.56 Å². The van der Waals surface area contributed by atoms with Crippen LogP contribution in [-0.4, -0.2) is 21.9 Å². The van der Waals surface area contributed by atoms with Crippen molar-refractivity contribution in [1.82, 2.24) is 0 Å². The molecule has 3 rings (SSSR count). The summed E-state index contributed by atoms with van der Waals surface area (Å²) < 4.78 is 5.53. The molecule has 98 valence electrons. The number of hydrogen-bond donors (Lipinski definition) is 3. The molecule has 1 aliphatic heterocycles. The van der Waals surface area contributed by atoms with Gasteiger partial charge in [-0.15, -0.1) is 0 Å². The number of hydrogen-bond acceptors (Lipinski definition) is 4. The Labute approximate surface area is 110 Å². The van der Waals surface area contributed by atoms with Gasteiger partial charge in [0.25, 0.3) is 0 Å². The van der Waals surface area contributed by atoms with Crippen LogP contribution in [0.5, 0.6) is 11.5 Å². The van der Waals surface area contributed by atoms with Gasteiger partial charge in [0.2, 0.25) is 5.79 Å². The van der Waals surface area contributed by atoms with E-state index in [1.807, 2.05) is 30.3 Å². The number of benzene rings is 2. The maximum absolute atomic E-state index is 10.4. The maximum atomic E-state index is 10.4. The molecule has 0 amide bonds. The number of rotatable bonds is 1. The van der Waals surface area contributed by atoms with Crippen molar-refractivity contribution >= 4 is 0 Å². The summed E-state index contributed by atoms with van der Waals surface area (Å²) in [6, 6.07) is 13.5. The van der Waals surface area contributed by atoms with Gasteiger partial charge in [0.05, 0.1) is 11.5 Å². The van der Waals surface area contributed by atoms with Crippen LogP contribution in [0, 0.1) is 0 Å². The van der Waals surface area contributed by atoms with Crippen molar-refractivity contribution < 1.29 is 20.1 Å². The second-order valence-corrected chi connectivity index (χ2v) is 4.68. The van der Waals surface area contributed by atoms with E-state index in [0.29, 0.717) is 5.75 Å². The Balaban J connectivity index is 2.06. The predicted molar refractivity (Wildman–Crippen MR) is 68.9 cm³/mol. The van der Waals surface area contributed by atoms with Crippen molar-refractivity contribution in [3.63, 3.8) is 0 Å². The molecule has 2 aromatic rings. The smallest absolute Gasteiger partial charge is 0.203 e. The molecule has 2 aromatic carbocycles. The van der Waals surface area contributed by atoms with E-state index >= 15 is 0 Å². The normalized spacial score (nSPS) is 20.4. The number of aliphatic hydroxyl groups is 2. The van der Waals surface area contributed by atoms with Crippen LogP contribution in [0.15, 0.2) is 48.5 Å². The van der Waals surface area contributed by atoms with Gasteiger partial charge in [0, 0.05) is 6.07 Å². The zero-order valence-corrected chi connectivity index (χ0v) is 10.2. The topological polar surface area (TPSA) is 69.9 Å². The molecule has 1 aliphatic rings. The molecule has 0 radical (unpaired) electrons. The van der Waals surface area contributed by atoms with Crippen molar-refractivity contribution in [2.75, 3.05) is 6.61 Å². The van der Waals surface area contributed by atoms with Gasteiger partial charge >= 0.3 is 0 Å². The molecule has 3 N–H and O–H groups in total. The Hall–Kier alpha value is -2.04. The van der Waals surface area contributed by atoms with E-state index in [1.165, 1.54) is 18.2 Å². The van der Waals surface area contributed by atoms with Crippen molar-refractivity contribution in [2.45, 2.75) is 11.7 Å². The monoisotopic (exact) mass is 258 g/mol. The van der Waals surface area contributed by atoms with E-state index in [1.54, 1.807) is 0 Å². The van der Waals surface area contributed by atoms with E-state index in [9.17, 15) is 15.3 Å². The Morgan fingerprint density at radius 1 is 1.05 bits per heavy atom. The van der Waals surface area contributed by atoms with Crippen LogP contribution in [0.4, 0.5) is 0 Å². The number of fused-ring (bicyclic) bond motifs is 1. The highest BCUT2D eigenvalue weighted by atomic mass is 16.5. The average Bonchev–Trinajstić information content (AvgIpc) is 2.39. The molecule has 1 atom stereocenters. The molecular formula is C15H14O4. The standard InChI is InChI=1S/C15H14O4/c16-11-6-7-12-14(8-11)19-9-13(15(12,17)18)10-4-2-1-3-5-10/h1-8,13,16-18H,9H2. The van der Waals surface area contributed by atoms with Crippen LogP contribution < -0.4 is 4.74 Å². The van der Waals surface area contributed by atoms with Gasteiger partial charge in [0.15, 0.2) is 0 Å². The molecule has 19 heavy (non-hydrogen) atoms. The molecule has 0 fully saturated rings. The van der Waals surface area contributed by atoms with E-state index in [4.69, 9.17) is 4.74 Å². The van der Waals surface area contributed by atoms with Crippen LogP contribution in [0.25, 0.3) is 0 Å². The maximum Gasteiger partial charge on any atom is 0.203 e. The molecule has 0 bridgehead atoms. The second-order valence-electron chi connectivity index (χ2n) is 4.68. The summed E-state index contributed by atoms with van der Waals surface area (Å²) in [6.07, 6.45) is 0. The highest BCUT2D eigenvalue weighted by Crippen LogP contribution is 2.44. The first-order valence-corrected chi connectivity index (χ1v) is 6.05. The fourth-order valence-corrected chi connectivity index (χ4v) is 2.43. The van der Waals surface area contributed by atoms with Crippen molar-refractivity contribution in [3.8, 4) is 11.5 Å². The van der Waals surface area contributed by atoms with Gasteiger partial charge in [-0.05, 0) is 17.7 Å². The Morgan fingerprint density at radius 3 is 2.53 bits per heavy atom. The molecule has 1 heterocycles. The zero-order chi connectivity index (χ0) is 13.5. The van der Waals surface area contributed by atoms with E-state index < -0.39 is 11.7 Å². The van der Waals surface area contributed by atoms with E-state index in [2.05, 4.69) is 0 Å². The molecular weight excluding hydrogens is 244 g/mol. The summed E-state index contributed by atoms with van der Waals surface area (Å²) in [5.74, 6) is -2.24. The lowest BCUT2D eigenvalue weighted by Gasteiger charge is -2.37. The number of phenolic OH excluding ortho intramolecular Hbond substituents is 1. The number of ether oxygens (including phenoxy) is 1. The molecule has 0 aliphatic carbocycles. The fourth-order valence-electron chi connectivity index (χ4n) is 2.43. The van der Waals surface area contributed by atoms with Crippen LogP contribution in [0.3, 0.4) is 0 Å². The number of phenols is 1. The zero-order valence-electron chi connectivity index (χ0n) is 10.2. The first-order chi connectivity index (χ1) is 9.09.